The van der Waals surface area contributed by atoms with Crippen LogP contribution in [0.1, 0.15) is 10.4 Å². The van der Waals surface area contributed by atoms with Crippen LogP contribution < -0.4 is 4.74 Å². The molecule has 0 unspecified atom stereocenters. The lowest BCUT2D eigenvalue weighted by Crippen LogP contribution is -2.49. The van der Waals surface area contributed by atoms with Crippen LogP contribution >= 0.6 is 0 Å². The molecule has 1 fully saturated rings. The van der Waals surface area contributed by atoms with Gasteiger partial charge in [-0.05, 0) is 30.3 Å². The van der Waals surface area contributed by atoms with Gasteiger partial charge in [0.05, 0.1) is 17.4 Å². The number of H-pyrrole nitrogens is 1. The number of imidazole rings is 1. The second kappa shape index (κ2) is 7.58. The summed E-state index contributed by atoms with van der Waals surface area (Å²) in [6, 6.07) is 15.5. The van der Waals surface area contributed by atoms with Crippen molar-refractivity contribution in [2.45, 2.75) is 0 Å². The van der Waals surface area contributed by atoms with Gasteiger partial charge in [0.25, 0.3) is 5.91 Å². The molecule has 1 aliphatic heterocycles. The van der Waals surface area contributed by atoms with Crippen LogP contribution in [-0.4, -0.2) is 65.0 Å². The highest BCUT2D eigenvalue weighted by atomic mass is 16.5. The Labute approximate surface area is 152 Å². The molecule has 1 aliphatic rings. The molecule has 0 bridgehead atoms. The molecule has 1 aromatic heterocycles. The zero-order valence-corrected chi connectivity index (χ0v) is 14.6. The first kappa shape index (κ1) is 16.6. The number of fused-ring (bicyclic) bond motifs is 1. The Kier molecular flexibility index (Phi) is 4.84. The number of hydrogen-bond acceptors (Lipinski definition) is 4. The van der Waals surface area contributed by atoms with E-state index in [-0.39, 0.29) is 5.91 Å². The highest BCUT2D eigenvalue weighted by Crippen LogP contribution is 2.15. The average molecular weight is 350 g/mol. The van der Waals surface area contributed by atoms with E-state index in [0.29, 0.717) is 12.2 Å². The Bertz CT molecular complexity index is 870. The van der Waals surface area contributed by atoms with Crippen molar-refractivity contribution >= 4 is 16.9 Å². The smallest absolute Gasteiger partial charge is 0.254 e. The molecule has 0 atom stereocenters. The Morgan fingerprint density at radius 3 is 2.69 bits per heavy atom. The molecule has 26 heavy (non-hydrogen) atoms. The fourth-order valence-electron chi connectivity index (χ4n) is 3.24. The minimum absolute atomic E-state index is 0.0849. The van der Waals surface area contributed by atoms with Crippen LogP contribution in [0.5, 0.6) is 5.75 Å². The van der Waals surface area contributed by atoms with Crippen LogP contribution in [-0.2, 0) is 0 Å². The molecule has 0 aliphatic carbocycles. The summed E-state index contributed by atoms with van der Waals surface area (Å²) in [5.74, 6) is 0.984. The number of para-hydroxylation sites is 1. The molecular weight excluding hydrogens is 328 g/mol. The van der Waals surface area contributed by atoms with Gasteiger partial charge in [0.1, 0.15) is 12.4 Å². The number of piperazine rings is 1. The molecule has 2 aromatic carbocycles. The topological polar surface area (TPSA) is 61.5 Å². The first-order valence-electron chi connectivity index (χ1n) is 8.92. The van der Waals surface area contributed by atoms with E-state index in [1.165, 1.54) is 0 Å². The van der Waals surface area contributed by atoms with E-state index in [2.05, 4.69) is 14.9 Å². The molecule has 3 aromatic rings. The standard InChI is InChI=1S/C20H22N4O2/c25-20(16-6-7-18-19(14-16)22-15-21-18)24-10-8-23(9-11-24)12-13-26-17-4-2-1-3-5-17/h1-7,14-15H,8-13H2,(H,21,22). The molecule has 6 heteroatoms. The lowest BCUT2D eigenvalue weighted by molar-refractivity contribution is 0.0620. The number of amides is 1. The highest BCUT2D eigenvalue weighted by Gasteiger charge is 2.22. The van der Waals surface area contributed by atoms with E-state index in [1.54, 1.807) is 6.33 Å². The van der Waals surface area contributed by atoms with Crippen LogP contribution in [0, 0.1) is 0 Å². The second-order valence-electron chi connectivity index (χ2n) is 6.43. The molecule has 2 heterocycles. The maximum Gasteiger partial charge on any atom is 0.254 e. The summed E-state index contributed by atoms with van der Waals surface area (Å²) in [5.41, 5.74) is 2.49. The fourth-order valence-corrected chi connectivity index (χ4v) is 3.24. The molecule has 1 N–H and O–H groups in total. The van der Waals surface area contributed by atoms with E-state index in [4.69, 9.17) is 4.74 Å². The maximum absolute atomic E-state index is 12.7. The van der Waals surface area contributed by atoms with Crippen molar-refractivity contribution in [3.05, 3.63) is 60.4 Å². The largest absolute Gasteiger partial charge is 0.492 e. The fraction of sp³-hybridized carbons (Fsp3) is 0.300. The summed E-state index contributed by atoms with van der Waals surface area (Å²) in [6.07, 6.45) is 1.65. The molecule has 1 saturated heterocycles. The van der Waals surface area contributed by atoms with Crippen molar-refractivity contribution in [2.24, 2.45) is 0 Å². The van der Waals surface area contributed by atoms with Crippen molar-refractivity contribution < 1.29 is 9.53 Å². The van der Waals surface area contributed by atoms with Crippen molar-refractivity contribution in [1.29, 1.82) is 0 Å². The SMILES string of the molecule is O=C(c1ccc2nc[nH]c2c1)N1CCN(CCOc2ccccc2)CC1. The van der Waals surface area contributed by atoms with E-state index in [1.807, 2.05) is 53.4 Å². The van der Waals surface area contributed by atoms with Crippen LogP contribution in [0.4, 0.5) is 0 Å². The number of ether oxygens (including phenoxy) is 1. The number of nitrogens with one attached hydrogen (secondary N) is 1. The number of carbonyl (C=O) groups is 1. The number of nitrogens with zero attached hydrogens (tertiary/aromatic N) is 3. The minimum atomic E-state index is 0.0849. The molecular formula is C20H22N4O2. The predicted molar refractivity (Wildman–Crippen MR) is 100 cm³/mol. The normalized spacial score (nSPS) is 15.3. The Balaban J connectivity index is 1.27. The van der Waals surface area contributed by atoms with E-state index in [9.17, 15) is 4.79 Å². The third kappa shape index (κ3) is 3.70. The number of benzene rings is 2. The molecule has 6 nitrogen and oxygen atoms in total. The Hall–Kier alpha value is -2.86. The lowest BCUT2D eigenvalue weighted by Gasteiger charge is -2.34. The van der Waals surface area contributed by atoms with Crippen molar-refractivity contribution in [1.82, 2.24) is 19.8 Å². The first-order valence-corrected chi connectivity index (χ1v) is 8.92. The lowest BCUT2D eigenvalue weighted by atomic mass is 10.1. The highest BCUT2D eigenvalue weighted by molar-refractivity contribution is 5.97. The van der Waals surface area contributed by atoms with Gasteiger partial charge in [0.15, 0.2) is 0 Å². The molecule has 4 rings (SSSR count). The van der Waals surface area contributed by atoms with Gasteiger partial charge in [0, 0.05) is 38.3 Å². The number of rotatable bonds is 5. The maximum atomic E-state index is 12.7. The number of aromatic amines is 1. The predicted octanol–water partition coefficient (Wildman–Crippen LogP) is 2.40. The van der Waals surface area contributed by atoms with Gasteiger partial charge in [0.2, 0.25) is 0 Å². The summed E-state index contributed by atoms with van der Waals surface area (Å²) in [5, 5.41) is 0. The van der Waals surface area contributed by atoms with Crippen LogP contribution in [0.3, 0.4) is 0 Å². The van der Waals surface area contributed by atoms with Gasteiger partial charge in [-0.15, -0.1) is 0 Å². The monoisotopic (exact) mass is 350 g/mol. The van der Waals surface area contributed by atoms with Gasteiger partial charge < -0.3 is 14.6 Å². The van der Waals surface area contributed by atoms with E-state index in [0.717, 1.165) is 49.5 Å². The first-order chi connectivity index (χ1) is 12.8. The zero-order valence-electron chi connectivity index (χ0n) is 14.6. The molecule has 0 radical (unpaired) electrons. The number of hydrogen-bond donors (Lipinski definition) is 1. The van der Waals surface area contributed by atoms with Gasteiger partial charge in [-0.2, -0.15) is 0 Å². The molecule has 0 spiro atoms. The van der Waals surface area contributed by atoms with Gasteiger partial charge in [-0.3, -0.25) is 9.69 Å². The number of carbonyl (C=O) groups excluding carboxylic acids is 1. The summed E-state index contributed by atoms with van der Waals surface area (Å²) >= 11 is 0. The molecule has 134 valence electrons. The van der Waals surface area contributed by atoms with Gasteiger partial charge >= 0.3 is 0 Å². The second-order valence-corrected chi connectivity index (χ2v) is 6.43. The van der Waals surface area contributed by atoms with Crippen LogP contribution in [0.2, 0.25) is 0 Å². The minimum Gasteiger partial charge on any atom is -0.492 e. The van der Waals surface area contributed by atoms with Gasteiger partial charge in [-0.1, -0.05) is 18.2 Å². The Morgan fingerprint density at radius 2 is 1.88 bits per heavy atom. The summed E-state index contributed by atoms with van der Waals surface area (Å²) in [7, 11) is 0. The third-order valence-electron chi connectivity index (χ3n) is 4.75. The van der Waals surface area contributed by atoms with Gasteiger partial charge in [-0.25, -0.2) is 4.98 Å². The van der Waals surface area contributed by atoms with Crippen molar-refractivity contribution in [2.75, 3.05) is 39.3 Å². The quantitative estimate of drug-likeness (QED) is 0.768. The summed E-state index contributed by atoms with van der Waals surface area (Å²) in [6.45, 7) is 4.76. The van der Waals surface area contributed by atoms with Crippen LogP contribution in [0.25, 0.3) is 11.0 Å². The van der Waals surface area contributed by atoms with E-state index < -0.39 is 0 Å². The van der Waals surface area contributed by atoms with Crippen molar-refractivity contribution in [3.63, 3.8) is 0 Å². The summed E-state index contributed by atoms with van der Waals surface area (Å²) < 4.78 is 5.75. The molecule has 0 saturated carbocycles. The third-order valence-corrected chi connectivity index (χ3v) is 4.75. The van der Waals surface area contributed by atoms with Crippen molar-refractivity contribution in [3.8, 4) is 5.75 Å². The number of aromatic nitrogens is 2. The summed E-state index contributed by atoms with van der Waals surface area (Å²) in [4.78, 5) is 24.2. The molecule has 1 amide bonds. The van der Waals surface area contributed by atoms with E-state index >= 15 is 0 Å². The zero-order chi connectivity index (χ0) is 17.8. The van der Waals surface area contributed by atoms with Crippen LogP contribution in [0.15, 0.2) is 54.9 Å². The Morgan fingerprint density at radius 1 is 1.08 bits per heavy atom. The average Bonchev–Trinajstić information content (AvgIpc) is 3.17.